The third-order valence-corrected chi connectivity index (χ3v) is 4.50. The number of hydrogen-bond acceptors (Lipinski definition) is 5. The molecule has 106 valence electrons. The van der Waals surface area contributed by atoms with Crippen LogP contribution in [0.15, 0.2) is 36.5 Å². The van der Waals surface area contributed by atoms with Gasteiger partial charge in [0.05, 0.1) is 11.9 Å². The quantitative estimate of drug-likeness (QED) is 0.778. The molecule has 0 spiro atoms. The predicted molar refractivity (Wildman–Crippen MR) is 84.4 cm³/mol. The maximum absolute atomic E-state index is 12.2. The number of aromatic nitrogens is 2. The lowest BCUT2D eigenvalue weighted by atomic mass is 10.2. The van der Waals surface area contributed by atoms with Crippen molar-refractivity contribution in [2.45, 2.75) is 6.54 Å². The first-order chi connectivity index (χ1) is 10.2. The van der Waals surface area contributed by atoms with Gasteiger partial charge in [-0.1, -0.05) is 29.8 Å². The molecule has 0 saturated heterocycles. The van der Waals surface area contributed by atoms with Gasteiger partial charge in [-0.05, 0) is 17.7 Å². The Kier molecular flexibility index (Phi) is 3.72. The van der Waals surface area contributed by atoms with Crippen LogP contribution in [0.1, 0.15) is 15.2 Å². The highest BCUT2D eigenvalue weighted by Crippen LogP contribution is 2.31. The van der Waals surface area contributed by atoms with Crippen LogP contribution in [-0.2, 0) is 6.54 Å². The van der Waals surface area contributed by atoms with Gasteiger partial charge in [-0.2, -0.15) is 5.10 Å². The summed E-state index contributed by atoms with van der Waals surface area (Å²) in [6, 6.07) is 9.11. The first kappa shape index (κ1) is 13.8. The monoisotopic (exact) mass is 318 g/mol. The van der Waals surface area contributed by atoms with Crippen molar-refractivity contribution in [2.75, 3.05) is 5.73 Å². The Morgan fingerprint density at radius 2 is 2.14 bits per heavy atom. The molecule has 0 aliphatic rings. The second-order valence-electron chi connectivity index (χ2n) is 4.37. The van der Waals surface area contributed by atoms with Gasteiger partial charge in [-0.15, -0.1) is 16.4 Å². The fraction of sp³-hybridized carbons (Fsp3) is 0.0714. The van der Waals surface area contributed by atoms with E-state index in [1.54, 1.807) is 18.3 Å². The molecule has 0 atom stereocenters. The van der Waals surface area contributed by atoms with Gasteiger partial charge in [0, 0.05) is 17.0 Å². The number of halogens is 1. The fourth-order valence-corrected chi connectivity index (χ4v) is 3.10. The van der Waals surface area contributed by atoms with E-state index < -0.39 is 0 Å². The first-order valence-corrected chi connectivity index (χ1v) is 7.37. The molecule has 0 fully saturated rings. The van der Waals surface area contributed by atoms with Gasteiger partial charge in [-0.3, -0.25) is 4.79 Å². The summed E-state index contributed by atoms with van der Waals surface area (Å²) in [5.74, 6) is -0.240. The molecular weight excluding hydrogens is 308 g/mol. The summed E-state index contributed by atoms with van der Waals surface area (Å²) in [7, 11) is 0. The van der Waals surface area contributed by atoms with Crippen molar-refractivity contribution in [3.05, 3.63) is 52.0 Å². The zero-order valence-electron chi connectivity index (χ0n) is 10.8. The van der Waals surface area contributed by atoms with E-state index >= 15 is 0 Å². The highest BCUT2D eigenvalue weighted by molar-refractivity contribution is 7.21. The molecule has 0 aliphatic carbocycles. The van der Waals surface area contributed by atoms with Crippen molar-refractivity contribution in [2.24, 2.45) is 0 Å². The van der Waals surface area contributed by atoms with Crippen LogP contribution in [0.2, 0.25) is 5.02 Å². The van der Waals surface area contributed by atoms with Gasteiger partial charge in [0.2, 0.25) is 0 Å². The number of nitrogen functional groups attached to an aromatic ring is 1. The van der Waals surface area contributed by atoms with Crippen LogP contribution >= 0.6 is 22.9 Å². The lowest BCUT2D eigenvalue weighted by molar-refractivity contribution is 0.0956. The molecule has 0 bridgehead atoms. The predicted octanol–water partition coefficient (Wildman–Crippen LogP) is 2.86. The Morgan fingerprint density at radius 1 is 1.33 bits per heavy atom. The third-order valence-electron chi connectivity index (χ3n) is 3.02. The zero-order chi connectivity index (χ0) is 14.8. The maximum atomic E-state index is 12.2. The Bertz CT molecular complexity index is 818. The number of hydrogen-bond donors (Lipinski definition) is 2. The van der Waals surface area contributed by atoms with Crippen LogP contribution < -0.4 is 11.1 Å². The van der Waals surface area contributed by atoms with Gasteiger partial charge in [-0.25, -0.2) is 0 Å². The fourth-order valence-electron chi connectivity index (χ4n) is 1.94. The Labute approximate surface area is 129 Å². The van der Waals surface area contributed by atoms with Crippen LogP contribution in [0.25, 0.3) is 10.2 Å². The number of nitrogens with two attached hydrogens (primary N) is 1. The van der Waals surface area contributed by atoms with Gasteiger partial charge in [0.15, 0.2) is 0 Å². The van der Waals surface area contributed by atoms with Crippen molar-refractivity contribution in [3.8, 4) is 0 Å². The summed E-state index contributed by atoms with van der Waals surface area (Å²) >= 11 is 7.29. The minimum atomic E-state index is -0.240. The number of amides is 1. The molecule has 3 aromatic rings. The van der Waals surface area contributed by atoms with Crippen molar-refractivity contribution in [3.63, 3.8) is 0 Å². The summed E-state index contributed by atoms with van der Waals surface area (Å²) in [5.41, 5.74) is 7.28. The lowest BCUT2D eigenvalue weighted by Gasteiger charge is -2.06. The number of nitrogens with zero attached hydrogens (tertiary/aromatic N) is 2. The van der Waals surface area contributed by atoms with E-state index in [1.807, 2.05) is 18.2 Å². The molecule has 7 heteroatoms. The largest absolute Gasteiger partial charge is 0.397 e. The van der Waals surface area contributed by atoms with Crippen molar-refractivity contribution in [1.29, 1.82) is 0 Å². The van der Waals surface area contributed by atoms with Crippen LogP contribution in [0.4, 0.5) is 5.69 Å². The van der Waals surface area contributed by atoms with Crippen molar-refractivity contribution < 1.29 is 4.79 Å². The zero-order valence-corrected chi connectivity index (χ0v) is 12.4. The van der Waals surface area contributed by atoms with Crippen LogP contribution in [0, 0.1) is 0 Å². The highest BCUT2D eigenvalue weighted by atomic mass is 35.5. The molecule has 3 rings (SSSR count). The van der Waals surface area contributed by atoms with Crippen molar-refractivity contribution in [1.82, 2.24) is 15.5 Å². The van der Waals surface area contributed by atoms with Gasteiger partial charge >= 0.3 is 0 Å². The van der Waals surface area contributed by atoms with Gasteiger partial charge in [0.1, 0.15) is 9.71 Å². The second kappa shape index (κ2) is 5.67. The number of thiophene rings is 1. The molecule has 1 amide bonds. The van der Waals surface area contributed by atoms with E-state index in [4.69, 9.17) is 17.3 Å². The van der Waals surface area contributed by atoms with Crippen LogP contribution in [0.5, 0.6) is 0 Å². The van der Waals surface area contributed by atoms with Gasteiger partial charge < -0.3 is 11.1 Å². The van der Waals surface area contributed by atoms with E-state index in [-0.39, 0.29) is 5.91 Å². The van der Waals surface area contributed by atoms with E-state index in [0.29, 0.717) is 27.0 Å². The summed E-state index contributed by atoms with van der Waals surface area (Å²) in [5, 5.41) is 11.9. The van der Waals surface area contributed by atoms with Crippen LogP contribution in [-0.4, -0.2) is 16.1 Å². The third kappa shape index (κ3) is 2.68. The number of benzene rings is 1. The second-order valence-corrected chi connectivity index (χ2v) is 5.78. The molecule has 2 aromatic heterocycles. The molecule has 21 heavy (non-hydrogen) atoms. The molecule has 2 heterocycles. The minimum Gasteiger partial charge on any atom is -0.397 e. The number of anilines is 1. The lowest BCUT2D eigenvalue weighted by Crippen LogP contribution is -2.22. The summed E-state index contributed by atoms with van der Waals surface area (Å²) in [6.07, 6.45) is 1.55. The summed E-state index contributed by atoms with van der Waals surface area (Å²) in [6.45, 7) is 0.345. The minimum absolute atomic E-state index is 0.240. The highest BCUT2D eigenvalue weighted by Gasteiger charge is 2.17. The topological polar surface area (TPSA) is 80.9 Å². The summed E-state index contributed by atoms with van der Waals surface area (Å²) in [4.78, 5) is 13.3. The molecule has 1 aromatic carbocycles. The SMILES string of the molecule is Nc1c(C(=O)NCc2ccccc2Cl)sc2nnccc12. The average Bonchev–Trinajstić information content (AvgIpc) is 2.84. The number of fused-ring (bicyclic) bond motifs is 1. The van der Waals surface area contributed by atoms with Gasteiger partial charge in [0.25, 0.3) is 5.91 Å². The Balaban J connectivity index is 1.81. The molecule has 0 radical (unpaired) electrons. The first-order valence-electron chi connectivity index (χ1n) is 6.18. The number of carbonyl (C=O) groups is 1. The Hall–Kier alpha value is -2.18. The maximum Gasteiger partial charge on any atom is 0.263 e. The van der Waals surface area contributed by atoms with Crippen molar-refractivity contribution >= 4 is 44.7 Å². The average molecular weight is 319 g/mol. The number of nitrogens with one attached hydrogen (secondary N) is 1. The van der Waals surface area contributed by atoms with Crippen LogP contribution in [0.3, 0.4) is 0 Å². The molecule has 5 nitrogen and oxygen atoms in total. The number of carbonyl (C=O) groups excluding carboxylic acids is 1. The Morgan fingerprint density at radius 3 is 2.90 bits per heavy atom. The molecule has 0 unspecified atom stereocenters. The summed E-state index contributed by atoms with van der Waals surface area (Å²) < 4.78 is 0. The smallest absolute Gasteiger partial charge is 0.263 e. The molecule has 0 aliphatic heterocycles. The normalized spacial score (nSPS) is 10.7. The molecule has 0 saturated carbocycles. The van der Waals surface area contributed by atoms with E-state index in [1.165, 1.54) is 11.3 Å². The van der Waals surface area contributed by atoms with E-state index in [2.05, 4.69) is 15.5 Å². The standard InChI is InChI=1S/C14H11ClN4OS/c15-10-4-2-1-3-8(10)7-17-13(20)12-11(16)9-5-6-18-19-14(9)21-12/h1-6H,7,16H2,(H,17,20). The molecular formula is C14H11ClN4OS. The molecule has 3 N–H and O–H groups in total. The van der Waals surface area contributed by atoms with E-state index in [9.17, 15) is 4.79 Å². The number of rotatable bonds is 3. The van der Waals surface area contributed by atoms with E-state index in [0.717, 1.165) is 10.9 Å².